The predicted molar refractivity (Wildman–Crippen MR) is 93.0 cm³/mol. The third-order valence-corrected chi connectivity index (χ3v) is 4.13. The average molecular weight is 358 g/mol. The Labute approximate surface area is 147 Å². The molecule has 0 aliphatic rings. The number of nitriles is 1. The molecule has 120 valence electrons. The maximum Gasteiger partial charge on any atom is 0.261 e. The van der Waals surface area contributed by atoms with Gasteiger partial charge >= 0.3 is 0 Å². The molecule has 1 amide bonds. The van der Waals surface area contributed by atoms with Crippen molar-refractivity contribution in [1.29, 1.82) is 5.26 Å². The lowest BCUT2D eigenvalue weighted by atomic mass is 10.1. The second-order valence-electron chi connectivity index (χ2n) is 4.86. The van der Waals surface area contributed by atoms with E-state index < -0.39 is 0 Å². The van der Waals surface area contributed by atoms with Gasteiger partial charge in [0.05, 0.1) is 24.6 Å². The SMILES string of the molecule is N#CCCn1cc(C(=O)Nc2nccs2)c(-c2cccc(Cl)c2)n1. The van der Waals surface area contributed by atoms with Crippen molar-refractivity contribution in [1.82, 2.24) is 14.8 Å². The van der Waals surface area contributed by atoms with E-state index in [1.54, 1.807) is 40.7 Å². The molecule has 1 aromatic carbocycles. The number of nitrogens with one attached hydrogen (secondary N) is 1. The number of rotatable bonds is 5. The molecule has 6 nitrogen and oxygen atoms in total. The maximum absolute atomic E-state index is 12.6. The van der Waals surface area contributed by atoms with Crippen LogP contribution in [0.15, 0.2) is 42.0 Å². The molecule has 0 spiro atoms. The first-order chi connectivity index (χ1) is 11.7. The van der Waals surface area contributed by atoms with E-state index in [9.17, 15) is 4.79 Å². The number of nitrogens with zero attached hydrogens (tertiary/aromatic N) is 4. The zero-order chi connectivity index (χ0) is 16.9. The molecule has 8 heteroatoms. The van der Waals surface area contributed by atoms with Gasteiger partial charge in [-0.3, -0.25) is 14.8 Å². The molecule has 1 N–H and O–H groups in total. The number of carbonyl (C=O) groups is 1. The fraction of sp³-hybridized carbons (Fsp3) is 0.125. The van der Waals surface area contributed by atoms with Crippen LogP contribution >= 0.6 is 22.9 Å². The lowest BCUT2D eigenvalue weighted by molar-refractivity contribution is 0.102. The van der Waals surface area contributed by atoms with Crippen LogP contribution in [0.3, 0.4) is 0 Å². The number of thiazole rings is 1. The highest BCUT2D eigenvalue weighted by Gasteiger charge is 2.19. The van der Waals surface area contributed by atoms with Crippen molar-refractivity contribution in [2.24, 2.45) is 0 Å². The number of aryl methyl sites for hydroxylation is 1. The molecule has 24 heavy (non-hydrogen) atoms. The van der Waals surface area contributed by atoms with Crippen LogP contribution in [0, 0.1) is 11.3 Å². The van der Waals surface area contributed by atoms with Gasteiger partial charge in [0.25, 0.3) is 5.91 Å². The van der Waals surface area contributed by atoms with E-state index in [1.807, 2.05) is 6.07 Å². The molecular weight excluding hydrogens is 346 g/mol. The Morgan fingerprint density at radius 2 is 2.33 bits per heavy atom. The van der Waals surface area contributed by atoms with Gasteiger partial charge in [-0.05, 0) is 12.1 Å². The van der Waals surface area contributed by atoms with E-state index in [0.717, 1.165) is 5.56 Å². The fourth-order valence-corrected chi connectivity index (χ4v) is 2.88. The monoisotopic (exact) mass is 357 g/mol. The first-order valence-corrected chi connectivity index (χ1v) is 8.34. The third-order valence-electron chi connectivity index (χ3n) is 3.21. The fourth-order valence-electron chi connectivity index (χ4n) is 2.17. The van der Waals surface area contributed by atoms with Crippen LogP contribution < -0.4 is 5.32 Å². The van der Waals surface area contributed by atoms with Crippen LogP contribution in [0.4, 0.5) is 5.13 Å². The zero-order valence-corrected chi connectivity index (χ0v) is 14.0. The molecule has 0 fully saturated rings. The summed E-state index contributed by atoms with van der Waals surface area (Å²) in [6.45, 7) is 0.411. The van der Waals surface area contributed by atoms with E-state index in [1.165, 1.54) is 11.3 Å². The molecule has 0 aliphatic heterocycles. The van der Waals surface area contributed by atoms with Gasteiger partial charge in [-0.2, -0.15) is 10.4 Å². The Morgan fingerprint density at radius 1 is 1.46 bits per heavy atom. The summed E-state index contributed by atoms with van der Waals surface area (Å²) in [4.78, 5) is 16.6. The Bertz CT molecular complexity index is 898. The van der Waals surface area contributed by atoms with E-state index in [2.05, 4.69) is 21.5 Å². The molecule has 0 aliphatic carbocycles. The highest BCUT2D eigenvalue weighted by Crippen LogP contribution is 2.26. The molecule has 0 unspecified atom stereocenters. The largest absolute Gasteiger partial charge is 0.298 e. The number of halogens is 1. The maximum atomic E-state index is 12.6. The van der Waals surface area contributed by atoms with Crippen molar-refractivity contribution in [2.75, 3.05) is 5.32 Å². The minimum Gasteiger partial charge on any atom is -0.298 e. The number of aromatic nitrogens is 3. The summed E-state index contributed by atoms with van der Waals surface area (Å²) in [5.41, 5.74) is 1.66. The Balaban J connectivity index is 1.98. The summed E-state index contributed by atoms with van der Waals surface area (Å²) in [5.74, 6) is -0.303. The van der Waals surface area contributed by atoms with E-state index in [-0.39, 0.29) is 5.91 Å². The Kier molecular flexibility index (Phi) is 4.89. The highest BCUT2D eigenvalue weighted by atomic mass is 35.5. The van der Waals surface area contributed by atoms with Gasteiger partial charge in [0.15, 0.2) is 5.13 Å². The second-order valence-corrected chi connectivity index (χ2v) is 6.20. The number of carbonyl (C=O) groups excluding carboxylic acids is 1. The summed E-state index contributed by atoms with van der Waals surface area (Å²) in [6, 6.07) is 9.21. The normalized spacial score (nSPS) is 10.3. The summed E-state index contributed by atoms with van der Waals surface area (Å²) >= 11 is 7.38. The van der Waals surface area contributed by atoms with Gasteiger partial charge in [0.1, 0.15) is 5.69 Å². The topological polar surface area (TPSA) is 83.6 Å². The molecule has 0 bridgehead atoms. The molecule has 3 rings (SSSR count). The van der Waals surface area contributed by atoms with Gasteiger partial charge in [-0.25, -0.2) is 4.98 Å². The van der Waals surface area contributed by atoms with Crippen molar-refractivity contribution in [3.8, 4) is 17.3 Å². The van der Waals surface area contributed by atoms with Crippen LogP contribution in [-0.4, -0.2) is 20.7 Å². The summed E-state index contributed by atoms with van der Waals surface area (Å²) in [6.07, 6.45) is 3.56. The minimum absolute atomic E-state index is 0.303. The predicted octanol–water partition coefficient (Wildman–Crippen LogP) is 3.83. The lowest BCUT2D eigenvalue weighted by Gasteiger charge is -2.03. The minimum atomic E-state index is -0.303. The number of benzene rings is 1. The lowest BCUT2D eigenvalue weighted by Crippen LogP contribution is -2.12. The van der Waals surface area contributed by atoms with Crippen LogP contribution in [0.1, 0.15) is 16.8 Å². The van der Waals surface area contributed by atoms with Crippen LogP contribution in [0.5, 0.6) is 0 Å². The van der Waals surface area contributed by atoms with E-state index in [0.29, 0.717) is 34.4 Å². The standard InChI is InChI=1S/C16H12ClN5OS/c17-12-4-1-3-11(9-12)14-13(10-22(21-14)7-2-5-18)15(23)20-16-19-6-8-24-16/h1,3-4,6,8-10H,2,7H2,(H,19,20,23). The molecule has 2 heterocycles. The van der Waals surface area contributed by atoms with Gasteiger partial charge in [-0.15, -0.1) is 11.3 Å². The van der Waals surface area contributed by atoms with Crippen molar-refractivity contribution in [2.45, 2.75) is 13.0 Å². The smallest absolute Gasteiger partial charge is 0.261 e. The first-order valence-electron chi connectivity index (χ1n) is 7.08. The third kappa shape index (κ3) is 3.62. The average Bonchev–Trinajstić information content (AvgIpc) is 3.22. The van der Waals surface area contributed by atoms with Gasteiger partial charge in [-0.1, -0.05) is 23.7 Å². The molecule has 0 saturated heterocycles. The summed E-state index contributed by atoms with van der Waals surface area (Å²) in [7, 11) is 0. The van der Waals surface area contributed by atoms with Crippen LogP contribution in [0.2, 0.25) is 5.02 Å². The number of hydrogen-bond donors (Lipinski definition) is 1. The quantitative estimate of drug-likeness (QED) is 0.752. The highest BCUT2D eigenvalue weighted by molar-refractivity contribution is 7.13. The van der Waals surface area contributed by atoms with Gasteiger partial charge in [0, 0.05) is 28.4 Å². The molecule has 0 atom stereocenters. The molecule has 0 saturated carbocycles. The molecule has 2 aromatic heterocycles. The van der Waals surface area contributed by atoms with Gasteiger partial charge < -0.3 is 0 Å². The Morgan fingerprint density at radius 3 is 3.04 bits per heavy atom. The number of anilines is 1. The summed E-state index contributed by atoms with van der Waals surface area (Å²) in [5, 5.41) is 18.8. The number of hydrogen-bond acceptors (Lipinski definition) is 5. The van der Waals surface area contributed by atoms with Crippen molar-refractivity contribution in [3.63, 3.8) is 0 Å². The molecular formula is C16H12ClN5OS. The van der Waals surface area contributed by atoms with E-state index >= 15 is 0 Å². The van der Waals surface area contributed by atoms with Crippen molar-refractivity contribution < 1.29 is 4.79 Å². The summed E-state index contributed by atoms with van der Waals surface area (Å²) < 4.78 is 1.59. The van der Waals surface area contributed by atoms with E-state index in [4.69, 9.17) is 16.9 Å². The van der Waals surface area contributed by atoms with Gasteiger partial charge in [0.2, 0.25) is 0 Å². The second kappa shape index (κ2) is 7.25. The molecule has 0 radical (unpaired) electrons. The Hall–Kier alpha value is -2.69. The number of amides is 1. The first kappa shape index (κ1) is 16.2. The van der Waals surface area contributed by atoms with Crippen molar-refractivity contribution >= 4 is 34.0 Å². The molecule has 3 aromatic rings. The van der Waals surface area contributed by atoms with Crippen LogP contribution in [-0.2, 0) is 6.54 Å². The van der Waals surface area contributed by atoms with Crippen molar-refractivity contribution in [3.05, 3.63) is 52.6 Å². The van der Waals surface area contributed by atoms with Crippen LogP contribution in [0.25, 0.3) is 11.3 Å². The zero-order valence-electron chi connectivity index (χ0n) is 12.4.